The van der Waals surface area contributed by atoms with E-state index < -0.39 is 11.8 Å². The predicted molar refractivity (Wildman–Crippen MR) is 87.8 cm³/mol. The van der Waals surface area contributed by atoms with Crippen molar-refractivity contribution < 1.29 is 9.59 Å². The molecule has 118 valence electrons. The number of nitrogens with one attached hydrogen (secondary N) is 2. The first-order valence-electron chi connectivity index (χ1n) is 7.78. The Morgan fingerprint density at radius 1 is 1.09 bits per heavy atom. The summed E-state index contributed by atoms with van der Waals surface area (Å²) in [6.45, 7) is 3.95. The molecule has 1 saturated carbocycles. The maximum absolute atomic E-state index is 11.8. The maximum atomic E-state index is 11.8. The van der Waals surface area contributed by atoms with E-state index in [4.69, 9.17) is 0 Å². The van der Waals surface area contributed by atoms with E-state index in [1.165, 1.54) is 19.3 Å². The first-order valence-corrected chi connectivity index (χ1v) is 7.78. The normalized spacial score (nSPS) is 15.7. The maximum Gasteiger partial charge on any atom is 0.329 e. The van der Waals surface area contributed by atoms with Crippen molar-refractivity contribution in [3.63, 3.8) is 0 Å². The lowest BCUT2D eigenvalue weighted by Crippen LogP contribution is -2.32. The van der Waals surface area contributed by atoms with Crippen LogP contribution in [-0.2, 0) is 9.59 Å². The third-order valence-corrected chi connectivity index (χ3v) is 4.07. The molecule has 0 aliphatic heterocycles. The molecule has 5 heteroatoms. The van der Waals surface area contributed by atoms with Crippen LogP contribution in [0.2, 0.25) is 0 Å². The fraction of sp³-hybridized carbons (Fsp3) is 0.471. The Labute approximate surface area is 131 Å². The highest BCUT2D eigenvalue weighted by Crippen LogP contribution is 2.21. The van der Waals surface area contributed by atoms with Gasteiger partial charge in [0.1, 0.15) is 0 Å². The van der Waals surface area contributed by atoms with Crippen molar-refractivity contribution >= 4 is 23.7 Å². The molecule has 22 heavy (non-hydrogen) atoms. The summed E-state index contributed by atoms with van der Waals surface area (Å²) in [7, 11) is 0. The lowest BCUT2D eigenvalue weighted by Gasteiger charge is -2.16. The van der Waals surface area contributed by atoms with Crippen molar-refractivity contribution in [1.29, 1.82) is 0 Å². The molecule has 5 nitrogen and oxygen atoms in total. The Hall–Kier alpha value is -2.17. The molecule has 0 spiro atoms. The second-order valence-corrected chi connectivity index (χ2v) is 5.87. The van der Waals surface area contributed by atoms with Gasteiger partial charge in [-0.25, -0.2) is 5.43 Å². The second-order valence-electron chi connectivity index (χ2n) is 5.87. The van der Waals surface area contributed by atoms with Gasteiger partial charge in [0.15, 0.2) is 0 Å². The quantitative estimate of drug-likeness (QED) is 0.512. The SMILES string of the molecule is Cc1ccc(NC(=O)C(=O)NN=CC2CCCCC2)cc1C. The van der Waals surface area contributed by atoms with Crippen LogP contribution in [0, 0.1) is 19.8 Å². The number of carbonyl (C=O) groups excluding carboxylic acids is 2. The highest BCUT2D eigenvalue weighted by Gasteiger charge is 2.14. The zero-order valence-corrected chi connectivity index (χ0v) is 13.2. The Balaban J connectivity index is 1.82. The molecule has 1 aromatic carbocycles. The molecule has 2 rings (SSSR count). The number of rotatable bonds is 3. The molecule has 2 amide bonds. The highest BCUT2D eigenvalue weighted by molar-refractivity contribution is 6.39. The van der Waals surface area contributed by atoms with Crippen molar-refractivity contribution in [2.45, 2.75) is 46.0 Å². The number of benzene rings is 1. The number of carbonyl (C=O) groups is 2. The largest absolute Gasteiger partial charge is 0.329 e. The number of amides is 2. The Bertz CT molecular complexity index is 575. The lowest BCUT2D eigenvalue weighted by atomic mass is 9.90. The van der Waals surface area contributed by atoms with Gasteiger partial charge in [0.2, 0.25) is 0 Å². The Morgan fingerprint density at radius 2 is 1.82 bits per heavy atom. The van der Waals surface area contributed by atoms with E-state index in [2.05, 4.69) is 15.8 Å². The van der Waals surface area contributed by atoms with Crippen molar-refractivity contribution in [1.82, 2.24) is 5.43 Å². The van der Waals surface area contributed by atoms with Gasteiger partial charge in [-0.3, -0.25) is 9.59 Å². The third kappa shape index (κ3) is 4.69. The van der Waals surface area contributed by atoms with Gasteiger partial charge in [0, 0.05) is 11.9 Å². The van der Waals surface area contributed by atoms with E-state index >= 15 is 0 Å². The van der Waals surface area contributed by atoms with E-state index in [0.717, 1.165) is 24.0 Å². The summed E-state index contributed by atoms with van der Waals surface area (Å²) in [4.78, 5) is 23.5. The Kier molecular flexibility index (Phi) is 5.69. The van der Waals surface area contributed by atoms with Crippen molar-refractivity contribution in [3.05, 3.63) is 29.3 Å². The molecular formula is C17H23N3O2. The van der Waals surface area contributed by atoms with Crippen LogP contribution in [0.3, 0.4) is 0 Å². The highest BCUT2D eigenvalue weighted by atomic mass is 16.2. The lowest BCUT2D eigenvalue weighted by molar-refractivity contribution is -0.136. The zero-order chi connectivity index (χ0) is 15.9. The number of hydrogen-bond donors (Lipinski definition) is 2. The van der Waals surface area contributed by atoms with Crippen LogP contribution in [0.4, 0.5) is 5.69 Å². The molecule has 1 fully saturated rings. The third-order valence-electron chi connectivity index (χ3n) is 4.07. The van der Waals surface area contributed by atoms with E-state index in [-0.39, 0.29) is 0 Å². The van der Waals surface area contributed by atoms with Crippen molar-refractivity contribution in [3.8, 4) is 0 Å². The zero-order valence-electron chi connectivity index (χ0n) is 13.2. The summed E-state index contributed by atoms with van der Waals surface area (Å²) in [5.41, 5.74) is 5.11. The van der Waals surface area contributed by atoms with Crippen LogP contribution < -0.4 is 10.7 Å². The number of hydrazone groups is 1. The molecule has 1 aliphatic carbocycles. The van der Waals surface area contributed by atoms with Gasteiger partial charge >= 0.3 is 11.8 Å². The molecule has 0 heterocycles. The number of aryl methyl sites for hydroxylation is 2. The van der Waals surface area contributed by atoms with Gasteiger partial charge in [-0.1, -0.05) is 25.3 Å². The number of hydrogen-bond acceptors (Lipinski definition) is 3. The molecule has 0 radical (unpaired) electrons. The first kappa shape index (κ1) is 16.2. The topological polar surface area (TPSA) is 70.6 Å². The molecule has 0 atom stereocenters. The van der Waals surface area contributed by atoms with Crippen LogP contribution in [0.1, 0.15) is 43.2 Å². The molecule has 0 bridgehead atoms. The fourth-order valence-corrected chi connectivity index (χ4v) is 2.54. The molecule has 1 aliphatic rings. The van der Waals surface area contributed by atoms with E-state index in [0.29, 0.717) is 11.6 Å². The van der Waals surface area contributed by atoms with Gasteiger partial charge in [-0.05, 0) is 55.9 Å². The van der Waals surface area contributed by atoms with E-state index in [1.54, 1.807) is 12.3 Å². The Morgan fingerprint density at radius 3 is 2.50 bits per heavy atom. The standard InChI is InChI=1S/C17H23N3O2/c1-12-8-9-15(10-13(12)2)19-16(21)17(22)20-18-11-14-6-4-3-5-7-14/h8-11,14H,3-7H2,1-2H3,(H,19,21)(H,20,22). The average molecular weight is 301 g/mol. The summed E-state index contributed by atoms with van der Waals surface area (Å²) in [5, 5.41) is 6.48. The monoisotopic (exact) mass is 301 g/mol. The molecule has 0 saturated heterocycles. The van der Waals surface area contributed by atoms with Gasteiger partial charge in [0.05, 0.1) is 0 Å². The van der Waals surface area contributed by atoms with Crippen LogP contribution in [0.5, 0.6) is 0 Å². The summed E-state index contributed by atoms with van der Waals surface area (Å²) < 4.78 is 0. The van der Waals surface area contributed by atoms with Crippen molar-refractivity contribution in [2.75, 3.05) is 5.32 Å². The van der Waals surface area contributed by atoms with Gasteiger partial charge in [-0.2, -0.15) is 5.10 Å². The van der Waals surface area contributed by atoms with E-state index in [1.807, 2.05) is 26.0 Å². The van der Waals surface area contributed by atoms with Crippen LogP contribution in [-0.4, -0.2) is 18.0 Å². The summed E-state index contributed by atoms with van der Waals surface area (Å²) in [5.74, 6) is -1.04. The number of nitrogens with zero attached hydrogens (tertiary/aromatic N) is 1. The van der Waals surface area contributed by atoms with Gasteiger partial charge in [-0.15, -0.1) is 0 Å². The fourth-order valence-electron chi connectivity index (χ4n) is 2.54. The molecule has 0 aromatic heterocycles. The van der Waals surface area contributed by atoms with Gasteiger partial charge in [0.25, 0.3) is 0 Å². The molecular weight excluding hydrogens is 278 g/mol. The first-order chi connectivity index (χ1) is 10.6. The molecule has 2 N–H and O–H groups in total. The van der Waals surface area contributed by atoms with Crippen LogP contribution in [0.15, 0.2) is 23.3 Å². The smallest absolute Gasteiger partial charge is 0.318 e. The summed E-state index contributed by atoms with van der Waals surface area (Å²) in [6, 6.07) is 5.52. The van der Waals surface area contributed by atoms with Gasteiger partial charge < -0.3 is 5.32 Å². The molecule has 0 unspecified atom stereocenters. The van der Waals surface area contributed by atoms with E-state index in [9.17, 15) is 9.59 Å². The van der Waals surface area contributed by atoms with Crippen LogP contribution in [0.25, 0.3) is 0 Å². The minimum Gasteiger partial charge on any atom is -0.318 e. The minimum absolute atomic E-state index is 0.414. The minimum atomic E-state index is -0.745. The van der Waals surface area contributed by atoms with Crippen LogP contribution >= 0.6 is 0 Å². The summed E-state index contributed by atoms with van der Waals surface area (Å²) in [6.07, 6.45) is 7.65. The number of anilines is 1. The average Bonchev–Trinajstić information content (AvgIpc) is 2.52. The summed E-state index contributed by atoms with van der Waals surface area (Å²) >= 11 is 0. The molecule has 1 aromatic rings. The second kappa shape index (κ2) is 7.73. The predicted octanol–water partition coefficient (Wildman–Crippen LogP) is 2.92. The van der Waals surface area contributed by atoms with Crippen molar-refractivity contribution in [2.24, 2.45) is 11.0 Å².